The van der Waals surface area contributed by atoms with Crippen molar-refractivity contribution in [1.82, 2.24) is 4.98 Å². The first-order chi connectivity index (χ1) is 14.2. The summed E-state index contributed by atoms with van der Waals surface area (Å²) >= 11 is 0. The van der Waals surface area contributed by atoms with E-state index in [1.54, 1.807) is 20.4 Å². The Morgan fingerprint density at radius 3 is 2.72 bits per heavy atom. The maximum absolute atomic E-state index is 13.0. The molecule has 1 atom stereocenters. The Hall–Kier alpha value is -3.34. The van der Waals surface area contributed by atoms with Gasteiger partial charge in [-0.15, -0.1) is 0 Å². The summed E-state index contributed by atoms with van der Waals surface area (Å²) < 4.78 is 11.1. The highest BCUT2D eigenvalue weighted by molar-refractivity contribution is 6.04. The topological polar surface area (TPSA) is 60.5 Å². The molecule has 2 heterocycles. The van der Waals surface area contributed by atoms with Gasteiger partial charge >= 0.3 is 0 Å². The van der Waals surface area contributed by atoms with Crippen LogP contribution in [0.2, 0.25) is 0 Å². The Labute approximate surface area is 169 Å². The summed E-state index contributed by atoms with van der Waals surface area (Å²) in [7, 11) is 3.29. The number of ketones is 1. The van der Waals surface area contributed by atoms with E-state index in [9.17, 15) is 4.79 Å². The van der Waals surface area contributed by atoms with Crippen LogP contribution in [-0.2, 0) is 4.79 Å². The number of hydrogen-bond donors (Lipinski definition) is 1. The third-order valence-corrected chi connectivity index (χ3v) is 5.90. The van der Waals surface area contributed by atoms with E-state index in [1.807, 2.05) is 30.3 Å². The van der Waals surface area contributed by atoms with Crippen LogP contribution < -0.4 is 14.8 Å². The molecule has 0 spiro atoms. The van der Waals surface area contributed by atoms with Crippen LogP contribution in [0.25, 0.3) is 10.9 Å². The van der Waals surface area contributed by atoms with Gasteiger partial charge in [0.1, 0.15) is 11.5 Å². The van der Waals surface area contributed by atoms with Crippen molar-refractivity contribution in [2.24, 2.45) is 0 Å². The number of aromatic nitrogens is 1. The predicted octanol–water partition coefficient (Wildman–Crippen LogP) is 4.82. The van der Waals surface area contributed by atoms with E-state index in [-0.39, 0.29) is 11.7 Å². The highest BCUT2D eigenvalue weighted by Crippen LogP contribution is 2.49. The highest BCUT2D eigenvalue weighted by Gasteiger charge is 2.37. The minimum atomic E-state index is -0.181. The van der Waals surface area contributed by atoms with Gasteiger partial charge in [-0.25, -0.2) is 0 Å². The fraction of sp³-hybridized carbons (Fsp3) is 0.250. The molecule has 3 aromatic rings. The van der Waals surface area contributed by atoms with Crippen molar-refractivity contribution in [3.8, 4) is 11.5 Å². The van der Waals surface area contributed by atoms with Gasteiger partial charge in [-0.1, -0.05) is 12.1 Å². The number of ether oxygens (including phenoxy) is 2. The van der Waals surface area contributed by atoms with Gasteiger partial charge < -0.3 is 14.8 Å². The second-order valence-electron chi connectivity index (χ2n) is 7.43. The number of rotatable bonds is 3. The number of Topliss-reactive ketones (excluding diaryl/α,β-unsaturated/α-hetero) is 1. The van der Waals surface area contributed by atoms with Crippen molar-refractivity contribution in [2.75, 3.05) is 19.5 Å². The average Bonchev–Trinajstić information content (AvgIpc) is 2.77. The lowest BCUT2D eigenvalue weighted by Crippen LogP contribution is -2.27. The van der Waals surface area contributed by atoms with Crippen molar-refractivity contribution in [3.63, 3.8) is 0 Å². The minimum absolute atomic E-state index is 0.181. The van der Waals surface area contributed by atoms with Crippen molar-refractivity contribution >= 4 is 22.4 Å². The van der Waals surface area contributed by atoms with Crippen molar-refractivity contribution < 1.29 is 14.3 Å². The van der Waals surface area contributed by atoms with E-state index < -0.39 is 0 Å². The van der Waals surface area contributed by atoms with E-state index in [1.165, 1.54) is 0 Å². The number of pyridine rings is 1. The molecule has 1 N–H and O–H groups in total. The monoisotopic (exact) mass is 386 g/mol. The van der Waals surface area contributed by atoms with Crippen LogP contribution in [0.15, 0.2) is 59.9 Å². The third kappa shape index (κ3) is 2.77. The number of nitrogens with zero attached hydrogens (tertiary/aromatic N) is 1. The number of hydrogen-bond acceptors (Lipinski definition) is 5. The molecule has 0 amide bonds. The quantitative estimate of drug-likeness (QED) is 0.700. The standard InChI is InChI=1S/C24H22N2O3/c1-28-14-8-9-16(21(13-14)29-2)22-17-10-11-18-15(5-4-12-25-18)24(17)26-19-6-3-7-20(27)23(19)22/h4-5,8-13,22,26H,3,6-7H2,1-2H3/t22-/m0/s1. The molecule has 2 aliphatic rings. The Bertz CT molecular complexity index is 1170. The Morgan fingerprint density at radius 2 is 1.90 bits per heavy atom. The molecule has 0 unspecified atom stereocenters. The second kappa shape index (κ2) is 6.92. The summed E-state index contributed by atoms with van der Waals surface area (Å²) in [6, 6.07) is 13.9. The molecule has 1 aliphatic heterocycles. The van der Waals surface area contributed by atoms with Gasteiger partial charge in [0.2, 0.25) is 0 Å². The summed E-state index contributed by atoms with van der Waals surface area (Å²) in [5.74, 6) is 1.48. The summed E-state index contributed by atoms with van der Waals surface area (Å²) in [6.45, 7) is 0. The average molecular weight is 386 g/mol. The number of methoxy groups -OCH3 is 2. The van der Waals surface area contributed by atoms with E-state index in [0.29, 0.717) is 6.42 Å². The van der Waals surface area contributed by atoms with E-state index in [4.69, 9.17) is 9.47 Å². The molecular formula is C24H22N2O3. The number of nitrogens with one attached hydrogen (secondary N) is 1. The predicted molar refractivity (Wildman–Crippen MR) is 113 cm³/mol. The van der Waals surface area contributed by atoms with Gasteiger partial charge in [-0.2, -0.15) is 0 Å². The Morgan fingerprint density at radius 1 is 1.03 bits per heavy atom. The number of carbonyl (C=O) groups excluding carboxylic acids is 1. The summed E-state index contributed by atoms with van der Waals surface area (Å²) in [6.07, 6.45) is 4.12. The van der Waals surface area contributed by atoms with E-state index in [0.717, 1.165) is 63.3 Å². The summed E-state index contributed by atoms with van der Waals surface area (Å²) in [5, 5.41) is 4.65. The molecule has 0 fully saturated rings. The first-order valence-electron chi connectivity index (χ1n) is 9.84. The third-order valence-electron chi connectivity index (χ3n) is 5.90. The molecular weight excluding hydrogens is 364 g/mol. The molecule has 0 radical (unpaired) electrons. The zero-order valence-corrected chi connectivity index (χ0v) is 16.5. The molecule has 5 nitrogen and oxygen atoms in total. The van der Waals surface area contributed by atoms with E-state index >= 15 is 0 Å². The molecule has 1 aromatic heterocycles. The lowest BCUT2D eigenvalue weighted by atomic mass is 9.74. The lowest BCUT2D eigenvalue weighted by Gasteiger charge is -2.35. The van der Waals surface area contributed by atoms with Gasteiger partial charge in [-0.05, 0) is 42.7 Å². The van der Waals surface area contributed by atoms with Gasteiger partial charge in [0.25, 0.3) is 0 Å². The van der Waals surface area contributed by atoms with Crippen molar-refractivity contribution in [1.29, 1.82) is 0 Å². The second-order valence-corrected chi connectivity index (χ2v) is 7.43. The van der Waals surface area contributed by atoms with Crippen LogP contribution in [0, 0.1) is 0 Å². The zero-order chi connectivity index (χ0) is 20.0. The van der Waals surface area contributed by atoms with Crippen LogP contribution in [0.1, 0.15) is 36.3 Å². The molecule has 0 saturated heterocycles. The molecule has 1 aliphatic carbocycles. The SMILES string of the molecule is COc1ccc([C@@H]2C3=C(CCCC3=O)Nc3c2ccc2ncccc32)c(OC)c1. The fourth-order valence-corrected chi connectivity index (χ4v) is 4.56. The number of benzene rings is 2. The highest BCUT2D eigenvalue weighted by atomic mass is 16.5. The van der Waals surface area contributed by atoms with Gasteiger partial charge in [-0.3, -0.25) is 9.78 Å². The van der Waals surface area contributed by atoms with Crippen LogP contribution >= 0.6 is 0 Å². The van der Waals surface area contributed by atoms with Crippen molar-refractivity contribution in [3.05, 3.63) is 71.1 Å². The molecule has 2 aromatic carbocycles. The minimum Gasteiger partial charge on any atom is -0.497 e. The molecule has 0 saturated carbocycles. The van der Waals surface area contributed by atoms with Crippen LogP contribution in [-0.4, -0.2) is 25.0 Å². The first-order valence-corrected chi connectivity index (χ1v) is 9.84. The maximum atomic E-state index is 13.0. The van der Waals surface area contributed by atoms with Gasteiger partial charge in [0, 0.05) is 46.8 Å². The molecule has 5 heteroatoms. The normalized spacial score (nSPS) is 18.1. The molecule has 29 heavy (non-hydrogen) atoms. The van der Waals surface area contributed by atoms with Crippen LogP contribution in [0.4, 0.5) is 5.69 Å². The van der Waals surface area contributed by atoms with E-state index in [2.05, 4.69) is 22.4 Å². The van der Waals surface area contributed by atoms with Crippen LogP contribution in [0.3, 0.4) is 0 Å². The number of fused-ring (bicyclic) bond motifs is 3. The Kier molecular flexibility index (Phi) is 4.23. The molecule has 146 valence electrons. The first kappa shape index (κ1) is 17.7. The largest absolute Gasteiger partial charge is 0.497 e. The molecule has 5 rings (SSSR count). The number of anilines is 1. The number of allylic oxidation sites excluding steroid dienone is 2. The lowest BCUT2D eigenvalue weighted by molar-refractivity contribution is -0.116. The molecule has 0 bridgehead atoms. The fourth-order valence-electron chi connectivity index (χ4n) is 4.56. The van der Waals surface area contributed by atoms with Crippen LogP contribution in [0.5, 0.6) is 11.5 Å². The number of carbonyl (C=O) groups is 1. The smallest absolute Gasteiger partial charge is 0.161 e. The summed E-state index contributed by atoms with van der Waals surface area (Å²) in [4.78, 5) is 17.5. The Balaban J connectivity index is 1.80. The zero-order valence-electron chi connectivity index (χ0n) is 16.5. The van der Waals surface area contributed by atoms with Gasteiger partial charge in [0.15, 0.2) is 5.78 Å². The maximum Gasteiger partial charge on any atom is 0.161 e. The van der Waals surface area contributed by atoms with Gasteiger partial charge in [0.05, 0.1) is 25.4 Å². The summed E-state index contributed by atoms with van der Waals surface area (Å²) in [5.41, 5.74) is 5.89. The van der Waals surface area contributed by atoms with Crippen molar-refractivity contribution in [2.45, 2.75) is 25.2 Å².